The van der Waals surface area contributed by atoms with Gasteiger partial charge in [-0.3, -0.25) is 19.3 Å². The quantitative estimate of drug-likeness (QED) is 0.649. The highest BCUT2D eigenvalue weighted by atomic mass is 32.1. The SMILES string of the molecule is C[C@@H]1CCc2c(sc(NC(=O)CN3C(=O)NC4(CCCCC4)C3=O)c2C(N)=O)C1. The Labute approximate surface area is 173 Å². The zero-order valence-corrected chi connectivity index (χ0v) is 17.3. The standard InChI is InChI=1S/C20H26N4O4S/c1-11-5-6-12-13(9-11)29-17(15(12)16(21)26)22-14(25)10-24-18(27)20(23-19(24)28)7-3-2-4-8-20/h11H,2-10H2,1H3,(H2,21,26)(H,22,25)(H,23,28)/t11-/m1/s1. The molecule has 0 unspecified atom stereocenters. The molecule has 1 saturated heterocycles. The van der Waals surface area contributed by atoms with E-state index in [1.165, 1.54) is 11.3 Å². The molecule has 5 amide bonds. The lowest BCUT2D eigenvalue weighted by Gasteiger charge is -2.30. The molecule has 1 atom stereocenters. The summed E-state index contributed by atoms with van der Waals surface area (Å²) in [4.78, 5) is 51.9. The Morgan fingerprint density at radius 1 is 1.28 bits per heavy atom. The van der Waals surface area contributed by atoms with Crippen molar-refractivity contribution in [2.45, 2.75) is 63.8 Å². The van der Waals surface area contributed by atoms with Crippen molar-refractivity contribution in [3.8, 4) is 0 Å². The number of nitrogens with two attached hydrogens (primary N) is 1. The van der Waals surface area contributed by atoms with Crippen LogP contribution in [-0.4, -0.2) is 40.7 Å². The fraction of sp³-hybridized carbons (Fsp3) is 0.600. The van der Waals surface area contributed by atoms with Crippen LogP contribution < -0.4 is 16.4 Å². The zero-order chi connectivity index (χ0) is 20.8. The third-order valence-electron chi connectivity index (χ3n) is 6.27. The molecular formula is C20H26N4O4S. The molecule has 1 saturated carbocycles. The predicted octanol–water partition coefficient (Wildman–Crippen LogP) is 2.17. The molecule has 156 valence electrons. The van der Waals surface area contributed by atoms with Gasteiger partial charge in [0, 0.05) is 4.88 Å². The van der Waals surface area contributed by atoms with Gasteiger partial charge in [-0.25, -0.2) is 4.79 Å². The lowest BCUT2D eigenvalue weighted by atomic mass is 9.82. The van der Waals surface area contributed by atoms with Crippen molar-refractivity contribution in [3.05, 3.63) is 16.0 Å². The van der Waals surface area contributed by atoms with Crippen LogP contribution in [0.25, 0.3) is 0 Å². The first-order chi connectivity index (χ1) is 13.8. The van der Waals surface area contributed by atoms with Gasteiger partial charge in [0.2, 0.25) is 5.91 Å². The highest BCUT2D eigenvalue weighted by Crippen LogP contribution is 2.39. The first kappa shape index (κ1) is 19.9. The molecule has 2 heterocycles. The van der Waals surface area contributed by atoms with Gasteiger partial charge in [-0.15, -0.1) is 11.3 Å². The molecule has 1 aromatic rings. The van der Waals surface area contributed by atoms with Gasteiger partial charge in [-0.05, 0) is 43.6 Å². The number of carbonyl (C=O) groups is 4. The molecule has 0 bridgehead atoms. The minimum Gasteiger partial charge on any atom is -0.365 e. The minimum atomic E-state index is -0.855. The van der Waals surface area contributed by atoms with E-state index in [1.54, 1.807) is 0 Å². The van der Waals surface area contributed by atoms with Crippen LogP contribution in [0.1, 0.15) is 66.2 Å². The van der Waals surface area contributed by atoms with Gasteiger partial charge in [0.1, 0.15) is 17.1 Å². The van der Waals surface area contributed by atoms with Crippen molar-refractivity contribution in [2.75, 3.05) is 11.9 Å². The number of hydrogen-bond acceptors (Lipinski definition) is 5. The maximum Gasteiger partial charge on any atom is 0.325 e. The molecule has 1 spiro atoms. The fourth-order valence-corrected chi connectivity index (χ4v) is 6.16. The van der Waals surface area contributed by atoms with E-state index in [9.17, 15) is 19.2 Å². The first-order valence-electron chi connectivity index (χ1n) is 10.2. The van der Waals surface area contributed by atoms with E-state index in [-0.39, 0.29) is 12.5 Å². The molecule has 2 fully saturated rings. The molecule has 0 radical (unpaired) electrons. The van der Waals surface area contributed by atoms with Gasteiger partial charge in [0.25, 0.3) is 11.8 Å². The molecule has 3 aliphatic rings. The lowest BCUT2D eigenvalue weighted by molar-refractivity contribution is -0.134. The second-order valence-electron chi connectivity index (χ2n) is 8.43. The van der Waals surface area contributed by atoms with Crippen molar-refractivity contribution in [1.29, 1.82) is 0 Å². The number of thiophene rings is 1. The van der Waals surface area contributed by atoms with Crippen molar-refractivity contribution in [3.63, 3.8) is 0 Å². The maximum absolute atomic E-state index is 12.8. The number of imide groups is 1. The number of fused-ring (bicyclic) bond motifs is 1. The molecule has 9 heteroatoms. The summed E-state index contributed by atoms with van der Waals surface area (Å²) in [6.07, 6.45) is 6.61. The number of urea groups is 1. The van der Waals surface area contributed by atoms with E-state index in [0.717, 1.165) is 53.9 Å². The lowest BCUT2D eigenvalue weighted by Crippen LogP contribution is -2.48. The molecule has 0 aromatic carbocycles. The summed E-state index contributed by atoms with van der Waals surface area (Å²) in [5.41, 5.74) is 6.02. The Balaban J connectivity index is 1.50. The summed E-state index contributed by atoms with van der Waals surface area (Å²) in [5, 5.41) is 5.94. The Kier molecular flexibility index (Phi) is 5.10. The number of nitrogens with zero attached hydrogens (tertiary/aromatic N) is 1. The second kappa shape index (κ2) is 7.44. The second-order valence-corrected chi connectivity index (χ2v) is 9.54. The van der Waals surface area contributed by atoms with Gasteiger partial charge < -0.3 is 16.4 Å². The fourth-order valence-electron chi connectivity index (χ4n) is 4.72. The smallest absolute Gasteiger partial charge is 0.325 e. The molecule has 4 N–H and O–H groups in total. The van der Waals surface area contributed by atoms with Crippen LogP contribution in [0.4, 0.5) is 9.80 Å². The van der Waals surface area contributed by atoms with E-state index in [0.29, 0.717) is 29.3 Å². The Morgan fingerprint density at radius 3 is 2.69 bits per heavy atom. The average Bonchev–Trinajstić information content (AvgIpc) is 3.12. The van der Waals surface area contributed by atoms with Crippen LogP contribution in [0, 0.1) is 5.92 Å². The van der Waals surface area contributed by atoms with Crippen molar-refractivity contribution >= 4 is 40.1 Å². The summed E-state index contributed by atoms with van der Waals surface area (Å²) in [6, 6.07) is -0.526. The van der Waals surface area contributed by atoms with Crippen LogP contribution in [0.2, 0.25) is 0 Å². The molecule has 8 nitrogen and oxygen atoms in total. The molecule has 1 aromatic heterocycles. The van der Waals surface area contributed by atoms with Gasteiger partial charge in [-0.2, -0.15) is 0 Å². The van der Waals surface area contributed by atoms with Crippen LogP contribution >= 0.6 is 11.3 Å². The Hall–Kier alpha value is -2.42. The van der Waals surface area contributed by atoms with Crippen LogP contribution in [0.15, 0.2) is 0 Å². The van der Waals surface area contributed by atoms with E-state index in [2.05, 4.69) is 17.6 Å². The minimum absolute atomic E-state index is 0.327. The zero-order valence-electron chi connectivity index (χ0n) is 16.5. The van der Waals surface area contributed by atoms with Gasteiger partial charge in [0.15, 0.2) is 0 Å². The first-order valence-corrected chi connectivity index (χ1v) is 11.0. The van der Waals surface area contributed by atoms with E-state index in [1.807, 2.05) is 0 Å². The molecule has 1 aliphatic heterocycles. The number of nitrogens with one attached hydrogen (secondary N) is 2. The van der Waals surface area contributed by atoms with Gasteiger partial charge >= 0.3 is 6.03 Å². The van der Waals surface area contributed by atoms with Crippen LogP contribution in [-0.2, 0) is 22.4 Å². The number of hydrogen-bond donors (Lipinski definition) is 3. The molecule has 4 rings (SSSR count). The normalized spacial score (nSPS) is 23.1. The maximum atomic E-state index is 12.8. The number of amides is 5. The summed E-state index contributed by atoms with van der Waals surface area (Å²) in [7, 11) is 0. The van der Waals surface area contributed by atoms with E-state index < -0.39 is 23.4 Å². The summed E-state index contributed by atoms with van der Waals surface area (Å²) < 4.78 is 0. The van der Waals surface area contributed by atoms with E-state index in [4.69, 9.17) is 5.73 Å². The number of primary amides is 1. The summed E-state index contributed by atoms with van der Waals surface area (Å²) >= 11 is 1.37. The highest BCUT2D eigenvalue weighted by molar-refractivity contribution is 7.17. The molecule has 29 heavy (non-hydrogen) atoms. The third kappa shape index (κ3) is 3.52. The molecular weight excluding hydrogens is 392 g/mol. The Bertz CT molecular complexity index is 887. The van der Waals surface area contributed by atoms with Crippen LogP contribution in [0.3, 0.4) is 0 Å². The number of carbonyl (C=O) groups excluding carboxylic acids is 4. The van der Waals surface area contributed by atoms with Crippen molar-refractivity contribution < 1.29 is 19.2 Å². The number of anilines is 1. The average molecular weight is 419 g/mol. The van der Waals surface area contributed by atoms with E-state index >= 15 is 0 Å². The number of rotatable bonds is 4. The summed E-state index contributed by atoms with van der Waals surface area (Å²) in [5.74, 6) is -0.881. The van der Waals surface area contributed by atoms with Gasteiger partial charge in [0.05, 0.1) is 5.56 Å². The predicted molar refractivity (Wildman–Crippen MR) is 109 cm³/mol. The van der Waals surface area contributed by atoms with Crippen molar-refractivity contribution in [1.82, 2.24) is 10.2 Å². The topological polar surface area (TPSA) is 122 Å². The monoisotopic (exact) mass is 418 g/mol. The Morgan fingerprint density at radius 2 is 2.00 bits per heavy atom. The van der Waals surface area contributed by atoms with Crippen molar-refractivity contribution in [2.24, 2.45) is 11.7 Å². The van der Waals surface area contributed by atoms with Crippen LogP contribution in [0.5, 0.6) is 0 Å². The largest absolute Gasteiger partial charge is 0.365 e. The summed E-state index contributed by atoms with van der Waals surface area (Å²) in [6.45, 7) is 1.78. The van der Waals surface area contributed by atoms with Gasteiger partial charge in [-0.1, -0.05) is 26.2 Å². The highest BCUT2D eigenvalue weighted by Gasteiger charge is 2.51. The molecule has 2 aliphatic carbocycles. The third-order valence-corrected chi connectivity index (χ3v) is 7.44.